The molecular weight excluding hydrogens is 158 g/mol. The molecule has 0 spiro atoms. The first-order valence-corrected chi connectivity index (χ1v) is 4.01. The van der Waals surface area contributed by atoms with Gasteiger partial charge in [0.05, 0.1) is 0 Å². The lowest BCUT2D eigenvalue weighted by Gasteiger charge is -2.07. The zero-order chi connectivity index (χ0) is 8.43. The maximum atomic E-state index is 5.76. The molecule has 0 radical (unpaired) electrons. The van der Waals surface area contributed by atoms with Crippen molar-refractivity contribution in [3.05, 3.63) is 34.9 Å². The second kappa shape index (κ2) is 3.24. The van der Waals surface area contributed by atoms with Crippen LogP contribution in [0.5, 0.6) is 0 Å². The monoisotopic (exact) mass is 169 g/mol. The molecule has 0 bridgehead atoms. The Bertz CT molecular complexity index is 256. The normalized spacial score (nSPS) is 13.1. The largest absolute Gasteiger partial charge is 0.312 e. The van der Waals surface area contributed by atoms with E-state index >= 15 is 0 Å². The van der Waals surface area contributed by atoms with Gasteiger partial charge in [0.1, 0.15) is 5.50 Å². The van der Waals surface area contributed by atoms with E-state index in [4.69, 9.17) is 17.3 Å². The quantitative estimate of drug-likeness (QED) is 0.508. The van der Waals surface area contributed by atoms with Gasteiger partial charge in [-0.2, -0.15) is 0 Å². The van der Waals surface area contributed by atoms with Crippen LogP contribution < -0.4 is 5.73 Å². The predicted octanol–water partition coefficient (Wildman–Crippen LogP) is 2.50. The summed E-state index contributed by atoms with van der Waals surface area (Å²) in [4.78, 5) is 0. The van der Waals surface area contributed by atoms with E-state index in [2.05, 4.69) is 6.07 Å². The van der Waals surface area contributed by atoms with Crippen LogP contribution in [0.2, 0.25) is 0 Å². The lowest BCUT2D eigenvalue weighted by atomic mass is 10.1. The van der Waals surface area contributed by atoms with Crippen LogP contribution in [0.15, 0.2) is 18.2 Å². The summed E-state index contributed by atoms with van der Waals surface area (Å²) in [5, 5.41) is 0. The van der Waals surface area contributed by atoms with Crippen LogP contribution in [-0.4, -0.2) is 0 Å². The molecule has 0 aliphatic rings. The Morgan fingerprint density at radius 2 is 2.00 bits per heavy atom. The Hall–Kier alpha value is -0.530. The van der Waals surface area contributed by atoms with Crippen molar-refractivity contribution in [1.82, 2.24) is 0 Å². The number of hydrogen-bond donors (Lipinski definition) is 1. The number of nitrogens with two attached hydrogens (primary N) is 1. The number of benzene rings is 1. The number of aryl methyl sites for hydroxylation is 2. The molecule has 0 fully saturated rings. The minimum absolute atomic E-state index is 0.380. The summed E-state index contributed by atoms with van der Waals surface area (Å²) in [5.41, 5.74) is 8.54. The van der Waals surface area contributed by atoms with Gasteiger partial charge in [0.2, 0.25) is 0 Å². The van der Waals surface area contributed by atoms with Gasteiger partial charge in [0.15, 0.2) is 0 Å². The first-order valence-electron chi connectivity index (χ1n) is 3.58. The molecule has 1 rings (SSSR count). The summed E-state index contributed by atoms with van der Waals surface area (Å²) in [6, 6.07) is 6.11. The van der Waals surface area contributed by atoms with Crippen LogP contribution in [0, 0.1) is 13.8 Å². The van der Waals surface area contributed by atoms with Gasteiger partial charge in [0, 0.05) is 0 Å². The Balaban J connectivity index is 3.13. The van der Waals surface area contributed by atoms with Gasteiger partial charge in [-0.15, -0.1) is 11.6 Å². The molecule has 0 aliphatic carbocycles. The van der Waals surface area contributed by atoms with Crippen LogP contribution in [0.1, 0.15) is 22.2 Å². The second-order valence-corrected chi connectivity index (χ2v) is 3.23. The van der Waals surface area contributed by atoms with Crippen molar-refractivity contribution in [2.24, 2.45) is 5.73 Å². The fourth-order valence-corrected chi connectivity index (χ4v) is 1.29. The van der Waals surface area contributed by atoms with Gasteiger partial charge in [0.25, 0.3) is 0 Å². The standard InChI is InChI=1S/C9H12ClN/c1-6-3-4-7(2)8(5-6)9(10)11/h3-5,9H,11H2,1-2H3. The molecule has 2 N–H and O–H groups in total. The minimum Gasteiger partial charge on any atom is -0.312 e. The van der Waals surface area contributed by atoms with Crippen LogP contribution in [-0.2, 0) is 0 Å². The first-order chi connectivity index (χ1) is 5.11. The molecular formula is C9H12ClN. The number of rotatable bonds is 1. The lowest BCUT2D eigenvalue weighted by molar-refractivity contribution is 0.996. The van der Waals surface area contributed by atoms with E-state index in [0.29, 0.717) is 0 Å². The van der Waals surface area contributed by atoms with Crippen molar-refractivity contribution in [3.8, 4) is 0 Å². The molecule has 1 aromatic rings. The van der Waals surface area contributed by atoms with E-state index in [-0.39, 0.29) is 5.50 Å². The zero-order valence-corrected chi connectivity index (χ0v) is 7.52. The summed E-state index contributed by atoms with van der Waals surface area (Å²) >= 11 is 5.76. The van der Waals surface area contributed by atoms with Crippen LogP contribution >= 0.6 is 11.6 Å². The third kappa shape index (κ3) is 1.95. The van der Waals surface area contributed by atoms with Crippen LogP contribution in [0.3, 0.4) is 0 Å². The maximum Gasteiger partial charge on any atom is 0.106 e. The molecule has 0 saturated carbocycles. The molecule has 0 amide bonds. The molecule has 60 valence electrons. The van der Waals surface area contributed by atoms with E-state index in [1.165, 1.54) is 5.56 Å². The Morgan fingerprint density at radius 1 is 1.36 bits per heavy atom. The average Bonchev–Trinajstić information content (AvgIpc) is 1.94. The van der Waals surface area contributed by atoms with Gasteiger partial charge in [-0.25, -0.2) is 0 Å². The smallest absolute Gasteiger partial charge is 0.106 e. The summed E-state index contributed by atoms with van der Waals surface area (Å²) in [6.45, 7) is 4.04. The molecule has 1 atom stereocenters. The van der Waals surface area contributed by atoms with E-state index in [9.17, 15) is 0 Å². The van der Waals surface area contributed by atoms with Gasteiger partial charge in [-0.05, 0) is 25.0 Å². The number of alkyl halides is 1. The highest BCUT2D eigenvalue weighted by molar-refractivity contribution is 6.20. The fraction of sp³-hybridized carbons (Fsp3) is 0.333. The van der Waals surface area contributed by atoms with Gasteiger partial charge >= 0.3 is 0 Å². The van der Waals surface area contributed by atoms with Crippen molar-refractivity contribution in [2.75, 3.05) is 0 Å². The molecule has 0 heterocycles. The van der Waals surface area contributed by atoms with Crippen molar-refractivity contribution in [2.45, 2.75) is 19.3 Å². The second-order valence-electron chi connectivity index (χ2n) is 2.76. The number of halogens is 1. The molecule has 0 saturated heterocycles. The third-order valence-electron chi connectivity index (χ3n) is 1.73. The number of hydrogen-bond acceptors (Lipinski definition) is 1. The molecule has 0 aromatic heterocycles. The predicted molar refractivity (Wildman–Crippen MR) is 48.7 cm³/mol. The summed E-state index contributed by atoms with van der Waals surface area (Å²) in [6.07, 6.45) is 0. The SMILES string of the molecule is Cc1ccc(C)c(C(N)Cl)c1. The fourth-order valence-electron chi connectivity index (χ4n) is 1.06. The summed E-state index contributed by atoms with van der Waals surface area (Å²) in [7, 11) is 0. The van der Waals surface area contributed by atoms with E-state index in [0.717, 1.165) is 11.1 Å². The lowest BCUT2D eigenvalue weighted by Crippen LogP contribution is -2.04. The molecule has 1 aromatic carbocycles. The topological polar surface area (TPSA) is 26.0 Å². The van der Waals surface area contributed by atoms with Crippen LogP contribution in [0.25, 0.3) is 0 Å². The van der Waals surface area contributed by atoms with E-state index in [1.807, 2.05) is 26.0 Å². The van der Waals surface area contributed by atoms with Gasteiger partial charge in [-0.3, -0.25) is 0 Å². The summed E-state index contributed by atoms with van der Waals surface area (Å²) in [5.74, 6) is 0. The molecule has 11 heavy (non-hydrogen) atoms. The van der Waals surface area contributed by atoms with Crippen molar-refractivity contribution >= 4 is 11.6 Å². The summed E-state index contributed by atoms with van der Waals surface area (Å²) < 4.78 is 0. The maximum absolute atomic E-state index is 5.76. The zero-order valence-electron chi connectivity index (χ0n) is 6.76. The van der Waals surface area contributed by atoms with Crippen molar-refractivity contribution in [3.63, 3.8) is 0 Å². The molecule has 1 nitrogen and oxygen atoms in total. The highest BCUT2D eigenvalue weighted by atomic mass is 35.5. The Kier molecular flexibility index (Phi) is 2.53. The Labute approximate surface area is 72.2 Å². The average molecular weight is 170 g/mol. The van der Waals surface area contributed by atoms with E-state index in [1.54, 1.807) is 0 Å². The molecule has 0 aliphatic heterocycles. The highest BCUT2D eigenvalue weighted by Crippen LogP contribution is 2.19. The molecule has 2 heteroatoms. The van der Waals surface area contributed by atoms with Crippen molar-refractivity contribution in [1.29, 1.82) is 0 Å². The highest BCUT2D eigenvalue weighted by Gasteiger charge is 2.04. The van der Waals surface area contributed by atoms with Crippen molar-refractivity contribution < 1.29 is 0 Å². The first kappa shape index (κ1) is 8.57. The van der Waals surface area contributed by atoms with E-state index < -0.39 is 0 Å². The Morgan fingerprint density at radius 3 is 2.45 bits per heavy atom. The minimum atomic E-state index is -0.380. The van der Waals surface area contributed by atoms with Gasteiger partial charge < -0.3 is 5.73 Å². The van der Waals surface area contributed by atoms with Crippen LogP contribution in [0.4, 0.5) is 0 Å². The molecule has 1 unspecified atom stereocenters. The third-order valence-corrected chi connectivity index (χ3v) is 1.97. The van der Waals surface area contributed by atoms with Gasteiger partial charge in [-0.1, -0.05) is 23.8 Å².